The van der Waals surface area contributed by atoms with Crippen LogP contribution in [0.4, 0.5) is 8.78 Å². The first kappa shape index (κ1) is 12.9. The van der Waals surface area contributed by atoms with Crippen LogP contribution in [0.25, 0.3) is 0 Å². The van der Waals surface area contributed by atoms with E-state index in [1.165, 1.54) is 25.4 Å². The predicted octanol–water partition coefficient (Wildman–Crippen LogP) is 2.94. The zero-order valence-corrected chi connectivity index (χ0v) is 9.89. The number of carbonyl (C=O) groups excluding carboxylic acids is 1. The number of esters is 1. The molecule has 6 heteroatoms. The zero-order valence-electron chi connectivity index (χ0n) is 9.89. The third-order valence-electron chi connectivity index (χ3n) is 2.26. The van der Waals surface area contributed by atoms with Gasteiger partial charge in [0.2, 0.25) is 5.88 Å². The van der Waals surface area contributed by atoms with Crippen LogP contribution in [-0.4, -0.2) is 18.1 Å². The molecule has 0 aliphatic carbocycles. The number of halogens is 2. The van der Waals surface area contributed by atoms with Crippen molar-refractivity contribution in [3.63, 3.8) is 0 Å². The Labute approximate surface area is 107 Å². The van der Waals surface area contributed by atoms with E-state index >= 15 is 0 Å². The Balaban J connectivity index is 2.28. The molecule has 0 aliphatic heterocycles. The van der Waals surface area contributed by atoms with E-state index in [0.717, 1.165) is 18.2 Å². The van der Waals surface area contributed by atoms with Gasteiger partial charge in [-0.2, -0.15) is 0 Å². The summed E-state index contributed by atoms with van der Waals surface area (Å²) < 4.78 is 36.0. The Bertz CT molecular complexity index is 617. The third-order valence-corrected chi connectivity index (χ3v) is 2.26. The van der Waals surface area contributed by atoms with E-state index < -0.39 is 17.6 Å². The van der Waals surface area contributed by atoms with Crippen molar-refractivity contribution < 1.29 is 23.0 Å². The second-order valence-corrected chi connectivity index (χ2v) is 3.55. The second kappa shape index (κ2) is 5.43. The maximum absolute atomic E-state index is 13.4. The van der Waals surface area contributed by atoms with Gasteiger partial charge in [-0.25, -0.2) is 18.6 Å². The topological polar surface area (TPSA) is 48.4 Å². The van der Waals surface area contributed by atoms with Gasteiger partial charge < -0.3 is 9.47 Å². The molecule has 1 aromatic carbocycles. The van der Waals surface area contributed by atoms with E-state index in [1.807, 2.05) is 0 Å². The molecule has 0 amide bonds. The number of methoxy groups -OCH3 is 1. The predicted molar refractivity (Wildman–Crippen MR) is 62.0 cm³/mol. The fraction of sp³-hybridized carbons (Fsp3) is 0.0769. The number of ether oxygens (including phenoxy) is 2. The lowest BCUT2D eigenvalue weighted by molar-refractivity contribution is 0.0600. The van der Waals surface area contributed by atoms with Gasteiger partial charge in [0.15, 0.2) is 11.6 Å². The van der Waals surface area contributed by atoms with Crippen LogP contribution in [0.1, 0.15) is 10.4 Å². The van der Waals surface area contributed by atoms with Crippen LogP contribution in [0.2, 0.25) is 0 Å². The lowest BCUT2D eigenvalue weighted by Crippen LogP contribution is -2.02. The number of benzene rings is 1. The summed E-state index contributed by atoms with van der Waals surface area (Å²) >= 11 is 0. The Morgan fingerprint density at radius 1 is 1.21 bits per heavy atom. The molecule has 0 fully saturated rings. The molecule has 4 nitrogen and oxygen atoms in total. The minimum atomic E-state index is -0.730. The maximum Gasteiger partial charge on any atom is 0.338 e. The van der Waals surface area contributed by atoms with Gasteiger partial charge in [-0.3, -0.25) is 0 Å². The average Bonchev–Trinajstić information content (AvgIpc) is 2.42. The second-order valence-electron chi connectivity index (χ2n) is 3.55. The summed E-state index contributed by atoms with van der Waals surface area (Å²) in [6, 6.07) is 5.49. The highest BCUT2D eigenvalue weighted by Gasteiger charge is 2.10. The molecule has 0 saturated carbocycles. The maximum atomic E-state index is 13.4. The summed E-state index contributed by atoms with van der Waals surface area (Å²) in [7, 11) is 1.23. The quantitative estimate of drug-likeness (QED) is 0.800. The molecule has 2 aromatic rings. The minimum Gasteiger partial charge on any atom is -0.465 e. The lowest BCUT2D eigenvalue weighted by atomic mass is 10.3. The molecular weight excluding hydrogens is 256 g/mol. The normalized spacial score (nSPS) is 10.1. The van der Waals surface area contributed by atoms with Crippen LogP contribution in [0.5, 0.6) is 11.6 Å². The number of pyridine rings is 1. The highest BCUT2D eigenvalue weighted by molar-refractivity contribution is 5.89. The van der Waals surface area contributed by atoms with Gasteiger partial charge in [0, 0.05) is 18.3 Å². The van der Waals surface area contributed by atoms with Gasteiger partial charge in [0.1, 0.15) is 5.82 Å². The monoisotopic (exact) mass is 265 g/mol. The summed E-state index contributed by atoms with van der Waals surface area (Å²) in [4.78, 5) is 15.1. The van der Waals surface area contributed by atoms with Crippen molar-refractivity contribution >= 4 is 5.97 Å². The molecule has 0 N–H and O–H groups in total. The first-order valence-corrected chi connectivity index (χ1v) is 5.27. The van der Waals surface area contributed by atoms with Crippen molar-refractivity contribution in [1.82, 2.24) is 4.98 Å². The fourth-order valence-electron chi connectivity index (χ4n) is 1.38. The molecule has 2 rings (SSSR count). The molecule has 0 unspecified atom stereocenters. The highest BCUT2D eigenvalue weighted by Crippen LogP contribution is 2.24. The summed E-state index contributed by atoms with van der Waals surface area (Å²) in [5.41, 5.74) is 0.198. The van der Waals surface area contributed by atoms with E-state index in [2.05, 4.69) is 9.72 Å². The van der Waals surface area contributed by atoms with E-state index in [4.69, 9.17) is 4.74 Å². The Hall–Kier alpha value is -2.50. The SMILES string of the molecule is COC(=O)c1ccnc(Oc2cc(F)ccc2F)c1. The summed E-state index contributed by atoms with van der Waals surface area (Å²) in [6.45, 7) is 0. The summed E-state index contributed by atoms with van der Waals surface area (Å²) in [5, 5.41) is 0. The summed E-state index contributed by atoms with van der Waals surface area (Å²) in [5.74, 6) is -2.29. The Morgan fingerprint density at radius 2 is 2.00 bits per heavy atom. The first-order chi connectivity index (χ1) is 9.10. The van der Waals surface area contributed by atoms with Crippen LogP contribution >= 0.6 is 0 Å². The van der Waals surface area contributed by atoms with Crippen LogP contribution in [0, 0.1) is 11.6 Å². The third kappa shape index (κ3) is 3.04. The fourth-order valence-corrected chi connectivity index (χ4v) is 1.38. The Morgan fingerprint density at radius 3 is 2.74 bits per heavy atom. The molecule has 19 heavy (non-hydrogen) atoms. The molecular formula is C13H9F2NO3. The van der Waals surface area contributed by atoms with Crippen molar-refractivity contribution in [2.24, 2.45) is 0 Å². The van der Waals surface area contributed by atoms with Crippen LogP contribution in [0.15, 0.2) is 36.5 Å². The van der Waals surface area contributed by atoms with Crippen LogP contribution in [-0.2, 0) is 4.74 Å². The van der Waals surface area contributed by atoms with E-state index in [1.54, 1.807) is 0 Å². The van der Waals surface area contributed by atoms with Crippen molar-refractivity contribution in [3.05, 3.63) is 53.7 Å². The molecule has 0 aliphatic rings. The first-order valence-electron chi connectivity index (χ1n) is 5.27. The molecule has 98 valence electrons. The molecule has 1 heterocycles. The standard InChI is InChI=1S/C13H9F2NO3/c1-18-13(17)8-4-5-16-12(6-8)19-11-7-9(14)2-3-10(11)15/h2-7H,1H3. The van der Waals surface area contributed by atoms with Gasteiger partial charge >= 0.3 is 5.97 Å². The van der Waals surface area contributed by atoms with Crippen molar-refractivity contribution in [1.29, 1.82) is 0 Å². The van der Waals surface area contributed by atoms with Gasteiger partial charge in [-0.15, -0.1) is 0 Å². The highest BCUT2D eigenvalue weighted by atomic mass is 19.1. The van der Waals surface area contributed by atoms with E-state index in [-0.39, 0.29) is 17.2 Å². The number of carbonyl (C=O) groups is 1. The summed E-state index contributed by atoms with van der Waals surface area (Å²) in [6.07, 6.45) is 1.30. The molecule has 0 bridgehead atoms. The molecule has 0 saturated heterocycles. The van der Waals surface area contributed by atoms with Crippen LogP contribution in [0.3, 0.4) is 0 Å². The van der Waals surface area contributed by atoms with E-state index in [0.29, 0.717) is 0 Å². The number of hydrogen-bond acceptors (Lipinski definition) is 4. The number of nitrogens with zero attached hydrogens (tertiary/aromatic N) is 1. The van der Waals surface area contributed by atoms with Crippen molar-refractivity contribution in [3.8, 4) is 11.6 Å². The molecule has 0 radical (unpaired) electrons. The zero-order chi connectivity index (χ0) is 13.8. The van der Waals surface area contributed by atoms with Gasteiger partial charge in [-0.05, 0) is 18.2 Å². The number of hydrogen-bond donors (Lipinski definition) is 0. The largest absolute Gasteiger partial charge is 0.465 e. The Kier molecular flexibility index (Phi) is 3.70. The average molecular weight is 265 g/mol. The number of rotatable bonds is 3. The smallest absolute Gasteiger partial charge is 0.338 e. The van der Waals surface area contributed by atoms with Crippen molar-refractivity contribution in [2.45, 2.75) is 0 Å². The van der Waals surface area contributed by atoms with E-state index in [9.17, 15) is 13.6 Å². The van der Waals surface area contributed by atoms with Gasteiger partial charge in [0.25, 0.3) is 0 Å². The van der Waals surface area contributed by atoms with Gasteiger partial charge in [-0.1, -0.05) is 0 Å². The van der Waals surface area contributed by atoms with Crippen molar-refractivity contribution in [2.75, 3.05) is 7.11 Å². The number of aromatic nitrogens is 1. The van der Waals surface area contributed by atoms with Crippen LogP contribution < -0.4 is 4.74 Å². The van der Waals surface area contributed by atoms with Gasteiger partial charge in [0.05, 0.1) is 12.7 Å². The minimum absolute atomic E-state index is 0.0348. The lowest BCUT2D eigenvalue weighted by Gasteiger charge is -2.06. The molecule has 0 atom stereocenters. The molecule has 1 aromatic heterocycles. The molecule has 0 spiro atoms.